The third-order valence-electron chi connectivity index (χ3n) is 5.57. The molecule has 174 valence electrons. The van der Waals surface area contributed by atoms with Gasteiger partial charge in [0.1, 0.15) is 11.8 Å². The van der Waals surface area contributed by atoms with Crippen molar-refractivity contribution >= 4 is 5.91 Å². The van der Waals surface area contributed by atoms with Crippen LogP contribution < -0.4 is 5.32 Å². The van der Waals surface area contributed by atoms with Gasteiger partial charge in [-0.05, 0) is 24.1 Å². The maximum atomic E-state index is 13.0. The number of hydrogen-bond donors (Lipinski definition) is 2. The van der Waals surface area contributed by atoms with Crippen LogP contribution >= 0.6 is 0 Å². The van der Waals surface area contributed by atoms with Gasteiger partial charge in [-0.15, -0.1) is 0 Å². The van der Waals surface area contributed by atoms with Crippen molar-refractivity contribution in [1.29, 1.82) is 0 Å². The molecule has 0 saturated heterocycles. The van der Waals surface area contributed by atoms with E-state index in [4.69, 9.17) is 9.26 Å². The van der Waals surface area contributed by atoms with E-state index in [0.717, 1.165) is 27.9 Å². The highest BCUT2D eigenvalue weighted by Gasteiger charge is 2.23. The predicted molar refractivity (Wildman–Crippen MR) is 131 cm³/mol. The number of ether oxygens (including phenoxy) is 1. The van der Waals surface area contributed by atoms with Crippen LogP contribution in [0, 0.1) is 0 Å². The van der Waals surface area contributed by atoms with Gasteiger partial charge in [0.2, 0.25) is 5.91 Å². The van der Waals surface area contributed by atoms with Crippen molar-refractivity contribution in [3.05, 3.63) is 102 Å². The molecule has 0 saturated carbocycles. The molecule has 0 bridgehead atoms. The average molecular weight is 457 g/mol. The fourth-order valence-corrected chi connectivity index (χ4v) is 3.83. The summed E-state index contributed by atoms with van der Waals surface area (Å²) in [5.41, 5.74) is 4.37. The van der Waals surface area contributed by atoms with Crippen molar-refractivity contribution in [3.63, 3.8) is 0 Å². The summed E-state index contributed by atoms with van der Waals surface area (Å²) in [5, 5.41) is 16.9. The Balaban J connectivity index is 1.48. The number of aliphatic hydroxyl groups excluding tert-OH is 1. The molecule has 6 heteroatoms. The number of carbonyl (C=O) groups excluding carboxylic acids is 1. The third kappa shape index (κ3) is 5.78. The van der Waals surface area contributed by atoms with E-state index in [2.05, 4.69) is 10.5 Å². The fourth-order valence-electron chi connectivity index (χ4n) is 3.83. The zero-order chi connectivity index (χ0) is 23.8. The van der Waals surface area contributed by atoms with Gasteiger partial charge in [0.15, 0.2) is 5.76 Å². The molecule has 1 heterocycles. The lowest BCUT2D eigenvalue weighted by Gasteiger charge is -2.22. The van der Waals surface area contributed by atoms with Crippen molar-refractivity contribution in [2.24, 2.45) is 0 Å². The van der Waals surface area contributed by atoms with Gasteiger partial charge in [-0.2, -0.15) is 0 Å². The fraction of sp³-hybridized carbons (Fsp3) is 0.214. The highest BCUT2D eigenvalue weighted by molar-refractivity contribution is 5.81. The van der Waals surface area contributed by atoms with Crippen LogP contribution in [0.4, 0.5) is 0 Å². The molecule has 6 nitrogen and oxygen atoms in total. The van der Waals surface area contributed by atoms with Crippen molar-refractivity contribution < 1.29 is 19.2 Å². The molecular weight excluding hydrogens is 428 g/mol. The number of hydrogen-bond acceptors (Lipinski definition) is 5. The average Bonchev–Trinajstić information content (AvgIpc) is 3.39. The van der Waals surface area contributed by atoms with Gasteiger partial charge in [-0.25, -0.2) is 0 Å². The molecule has 0 spiro atoms. The second-order valence-electron chi connectivity index (χ2n) is 7.95. The second kappa shape index (κ2) is 11.4. The number of benzene rings is 3. The zero-order valence-corrected chi connectivity index (χ0v) is 19.1. The van der Waals surface area contributed by atoms with Gasteiger partial charge in [0.05, 0.1) is 12.6 Å². The lowest BCUT2D eigenvalue weighted by molar-refractivity contribution is -0.133. The Hall–Kier alpha value is -3.74. The maximum Gasteiger partial charge on any atom is 0.250 e. The Morgan fingerprint density at radius 3 is 2.38 bits per heavy atom. The third-order valence-corrected chi connectivity index (χ3v) is 5.57. The lowest BCUT2D eigenvalue weighted by atomic mass is 10.0. The minimum Gasteiger partial charge on any atom is -0.394 e. The summed E-state index contributed by atoms with van der Waals surface area (Å²) in [6.07, 6.45) is -0.292. The van der Waals surface area contributed by atoms with Crippen molar-refractivity contribution in [1.82, 2.24) is 10.5 Å². The molecule has 0 aliphatic rings. The van der Waals surface area contributed by atoms with Crippen molar-refractivity contribution in [2.45, 2.75) is 25.5 Å². The van der Waals surface area contributed by atoms with Crippen LogP contribution in [0.2, 0.25) is 0 Å². The Kier molecular flexibility index (Phi) is 7.86. The minimum absolute atomic E-state index is 0.194. The van der Waals surface area contributed by atoms with Gasteiger partial charge in [0, 0.05) is 30.2 Å². The van der Waals surface area contributed by atoms with E-state index in [9.17, 15) is 9.90 Å². The van der Waals surface area contributed by atoms with E-state index in [0.29, 0.717) is 18.8 Å². The summed E-state index contributed by atoms with van der Waals surface area (Å²) in [4.78, 5) is 13.0. The number of aromatic nitrogens is 1. The number of rotatable bonds is 10. The maximum absolute atomic E-state index is 13.0. The first kappa shape index (κ1) is 23.4. The minimum atomic E-state index is -0.685. The van der Waals surface area contributed by atoms with Crippen LogP contribution in [0.15, 0.2) is 95.5 Å². The summed E-state index contributed by atoms with van der Waals surface area (Å²) in [7, 11) is 0. The van der Waals surface area contributed by atoms with E-state index in [1.54, 1.807) is 0 Å². The van der Waals surface area contributed by atoms with Crippen LogP contribution in [0.5, 0.6) is 0 Å². The molecule has 4 aromatic rings. The molecule has 0 aliphatic heterocycles. The van der Waals surface area contributed by atoms with Crippen molar-refractivity contribution in [3.8, 4) is 22.6 Å². The highest BCUT2D eigenvalue weighted by atomic mass is 16.5. The van der Waals surface area contributed by atoms with Crippen LogP contribution in [-0.2, 0) is 16.0 Å². The Morgan fingerprint density at radius 2 is 1.68 bits per heavy atom. The molecule has 0 fully saturated rings. The smallest absolute Gasteiger partial charge is 0.250 e. The van der Waals surface area contributed by atoms with Crippen LogP contribution in [0.1, 0.15) is 24.1 Å². The molecule has 0 unspecified atom stereocenters. The first-order valence-electron chi connectivity index (χ1n) is 11.4. The largest absolute Gasteiger partial charge is 0.394 e. The van der Waals surface area contributed by atoms with Gasteiger partial charge >= 0.3 is 0 Å². The molecular formula is C28H28N2O4. The van der Waals surface area contributed by atoms with E-state index >= 15 is 0 Å². The van der Waals surface area contributed by atoms with Crippen LogP contribution in [0.25, 0.3) is 22.6 Å². The zero-order valence-electron chi connectivity index (χ0n) is 19.1. The SMILES string of the molecule is CCO[C@@H](Cc1cccc(-c2cc(-c3ccccc3)on2)c1)C(=O)N[C@@H](CO)c1ccccc1. The first-order valence-corrected chi connectivity index (χ1v) is 11.4. The van der Waals surface area contributed by atoms with Gasteiger partial charge < -0.3 is 19.7 Å². The summed E-state index contributed by atoms with van der Waals surface area (Å²) >= 11 is 0. The summed E-state index contributed by atoms with van der Waals surface area (Å²) < 4.78 is 11.3. The predicted octanol–water partition coefficient (Wildman–Crippen LogP) is 4.81. The van der Waals surface area contributed by atoms with Gasteiger partial charge in [-0.3, -0.25) is 4.79 Å². The molecule has 3 aromatic carbocycles. The second-order valence-corrected chi connectivity index (χ2v) is 7.95. The summed E-state index contributed by atoms with van der Waals surface area (Å²) in [6, 6.07) is 28.5. The number of aliphatic hydroxyl groups is 1. The molecule has 0 radical (unpaired) electrons. The first-order chi connectivity index (χ1) is 16.7. The number of nitrogens with zero attached hydrogens (tertiary/aromatic N) is 1. The number of carbonyl (C=O) groups is 1. The van der Waals surface area contributed by atoms with Crippen LogP contribution in [-0.4, -0.2) is 35.5 Å². The number of nitrogens with one attached hydrogen (secondary N) is 1. The molecule has 1 aromatic heterocycles. The summed E-state index contributed by atoms with van der Waals surface area (Å²) in [6.45, 7) is 2.06. The van der Waals surface area contributed by atoms with Gasteiger partial charge in [0.25, 0.3) is 0 Å². The molecule has 2 N–H and O–H groups in total. The van der Waals surface area contributed by atoms with E-state index in [1.165, 1.54) is 0 Å². The Morgan fingerprint density at radius 1 is 0.971 bits per heavy atom. The molecule has 2 atom stereocenters. The van der Waals surface area contributed by atoms with E-state index in [-0.39, 0.29) is 12.5 Å². The normalized spacial score (nSPS) is 12.8. The van der Waals surface area contributed by atoms with E-state index < -0.39 is 12.1 Å². The van der Waals surface area contributed by atoms with Crippen molar-refractivity contribution in [2.75, 3.05) is 13.2 Å². The van der Waals surface area contributed by atoms with Gasteiger partial charge in [-0.1, -0.05) is 84.0 Å². The standard InChI is InChI=1S/C28H28N2O4/c1-2-33-27(28(32)29-25(19-31)21-11-5-3-6-12-21)17-20-10-9-15-23(16-20)24-18-26(34-30-24)22-13-7-4-8-14-22/h3-16,18,25,27,31H,2,17,19H2,1H3,(H,29,32)/t25-,27-/m0/s1. The topological polar surface area (TPSA) is 84.6 Å². The van der Waals surface area contributed by atoms with Crippen LogP contribution in [0.3, 0.4) is 0 Å². The molecule has 34 heavy (non-hydrogen) atoms. The highest BCUT2D eigenvalue weighted by Crippen LogP contribution is 2.27. The number of amides is 1. The quantitative estimate of drug-likeness (QED) is 0.358. The Bertz CT molecular complexity index is 1190. The molecule has 0 aliphatic carbocycles. The Labute approximate surface area is 199 Å². The lowest BCUT2D eigenvalue weighted by Crippen LogP contribution is -2.41. The summed E-state index contributed by atoms with van der Waals surface area (Å²) in [5.74, 6) is 0.437. The molecule has 1 amide bonds. The molecule has 4 rings (SSSR count). The van der Waals surface area contributed by atoms with E-state index in [1.807, 2.05) is 97.9 Å². The monoisotopic (exact) mass is 456 g/mol.